The Hall–Kier alpha value is -0.260. The minimum absolute atomic E-state index is 0.712. The first-order chi connectivity index (χ1) is 9.63. The molecule has 0 saturated heterocycles. The van der Waals surface area contributed by atoms with Gasteiger partial charge in [-0.1, -0.05) is 104 Å². The molecular formula is C20H40. The van der Waals surface area contributed by atoms with Crippen LogP contribution < -0.4 is 0 Å². The molecule has 0 aliphatic heterocycles. The summed E-state index contributed by atoms with van der Waals surface area (Å²) in [6.07, 6.45) is 17.0. The number of hydrogen-bond acceptors (Lipinski definition) is 0. The smallest absolute Gasteiger partial charge is 0.0209 e. The summed E-state index contributed by atoms with van der Waals surface area (Å²) in [6.45, 7) is 13.3. The number of allylic oxidation sites excluding steroid dienone is 1. The van der Waals surface area contributed by atoms with Crippen LogP contribution in [-0.4, -0.2) is 0 Å². The van der Waals surface area contributed by atoms with Crippen LogP contribution in [-0.2, 0) is 0 Å². The molecule has 20 heavy (non-hydrogen) atoms. The van der Waals surface area contributed by atoms with E-state index in [-0.39, 0.29) is 0 Å². The third-order valence-electron chi connectivity index (χ3n) is 4.82. The number of rotatable bonds is 14. The van der Waals surface area contributed by atoms with Crippen LogP contribution >= 0.6 is 0 Å². The molecular weight excluding hydrogens is 240 g/mol. The van der Waals surface area contributed by atoms with E-state index in [9.17, 15) is 0 Å². The van der Waals surface area contributed by atoms with Gasteiger partial charge in [0.15, 0.2) is 0 Å². The minimum atomic E-state index is 0.712. The lowest BCUT2D eigenvalue weighted by Crippen LogP contribution is -2.12. The van der Waals surface area contributed by atoms with Crippen LogP contribution in [0.4, 0.5) is 0 Å². The summed E-state index contributed by atoms with van der Waals surface area (Å²) in [5, 5.41) is 0. The Morgan fingerprint density at radius 2 is 1.25 bits per heavy atom. The van der Waals surface area contributed by atoms with Crippen molar-refractivity contribution in [2.75, 3.05) is 0 Å². The molecule has 0 nitrogen and oxygen atoms in total. The van der Waals surface area contributed by atoms with Gasteiger partial charge in [-0.2, -0.15) is 0 Å². The summed E-state index contributed by atoms with van der Waals surface area (Å²) in [5.41, 5.74) is 1.37. The van der Waals surface area contributed by atoms with Gasteiger partial charge in [0.2, 0.25) is 0 Å². The third-order valence-corrected chi connectivity index (χ3v) is 4.82. The van der Waals surface area contributed by atoms with Crippen LogP contribution in [0.1, 0.15) is 105 Å². The monoisotopic (exact) mass is 280 g/mol. The average molecular weight is 281 g/mol. The molecule has 0 aromatic carbocycles. The van der Waals surface area contributed by atoms with E-state index in [2.05, 4.69) is 34.3 Å². The van der Waals surface area contributed by atoms with Gasteiger partial charge in [0, 0.05) is 0 Å². The molecule has 0 heteroatoms. The van der Waals surface area contributed by atoms with Gasteiger partial charge < -0.3 is 0 Å². The number of hydrogen-bond donors (Lipinski definition) is 0. The lowest BCUT2D eigenvalue weighted by Gasteiger charge is -2.24. The van der Waals surface area contributed by atoms with Crippen LogP contribution in [0.2, 0.25) is 0 Å². The number of unbranched alkanes of at least 4 members (excludes halogenated alkanes) is 8. The first kappa shape index (κ1) is 19.7. The highest BCUT2D eigenvalue weighted by atomic mass is 14.2. The van der Waals surface area contributed by atoms with Gasteiger partial charge >= 0.3 is 0 Å². The van der Waals surface area contributed by atoms with Gasteiger partial charge in [-0.15, -0.1) is 0 Å². The van der Waals surface area contributed by atoms with E-state index in [1.807, 2.05) is 0 Å². The highest BCUT2D eigenvalue weighted by Crippen LogP contribution is 2.28. The molecule has 2 atom stereocenters. The lowest BCUT2D eigenvalue weighted by atomic mass is 9.82. The summed E-state index contributed by atoms with van der Waals surface area (Å²) in [6, 6.07) is 0. The highest BCUT2D eigenvalue weighted by molar-refractivity contribution is 4.96. The molecule has 0 bridgehead atoms. The van der Waals surface area contributed by atoms with Crippen LogP contribution in [0, 0.1) is 11.8 Å². The van der Waals surface area contributed by atoms with Gasteiger partial charge in [-0.05, 0) is 25.2 Å². The Morgan fingerprint density at radius 1 is 0.750 bits per heavy atom. The highest BCUT2D eigenvalue weighted by Gasteiger charge is 2.16. The second-order valence-corrected chi connectivity index (χ2v) is 6.80. The van der Waals surface area contributed by atoms with Crippen molar-refractivity contribution in [3.8, 4) is 0 Å². The molecule has 120 valence electrons. The SMILES string of the molecule is C=C(C)C(C)C(CCC)CCCCCCCCCCC. The van der Waals surface area contributed by atoms with Crippen LogP contribution in [0.25, 0.3) is 0 Å². The zero-order chi connectivity index (χ0) is 15.2. The minimum Gasteiger partial charge on any atom is -0.0999 e. The lowest BCUT2D eigenvalue weighted by molar-refractivity contribution is 0.336. The summed E-state index contributed by atoms with van der Waals surface area (Å²) in [4.78, 5) is 0. The molecule has 0 aromatic heterocycles. The fraction of sp³-hybridized carbons (Fsp3) is 0.900. The zero-order valence-corrected chi connectivity index (χ0v) is 14.8. The Kier molecular flexibility index (Phi) is 13.5. The van der Waals surface area contributed by atoms with Gasteiger partial charge in [-0.3, -0.25) is 0 Å². The van der Waals surface area contributed by atoms with Crippen molar-refractivity contribution in [2.45, 2.75) is 105 Å². The normalized spacial score (nSPS) is 14.2. The predicted octanol–water partition coefficient (Wildman–Crippen LogP) is 7.54. The quantitative estimate of drug-likeness (QED) is 0.228. The molecule has 0 amide bonds. The zero-order valence-electron chi connectivity index (χ0n) is 14.8. The first-order valence-electron chi connectivity index (χ1n) is 9.28. The van der Waals surface area contributed by atoms with Crippen LogP contribution in [0.3, 0.4) is 0 Å². The molecule has 0 N–H and O–H groups in total. The van der Waals surface area contributed by atoms with E-state index in [1.165, 1.54) is 82.6 Å². The van der Waals surface area contributed by atoms with Crippen molar-refractivity contribution < 1.29 is 0 Å². The van der Waals surface area contributed by atoms with Gasteiger partial charge in [0.05, 0.1) is 0 Å². The van der Waals surface area contributed by atoms with Crippen molar-refractivity contribution >= 4 is 0 Å². The van der Waals surface area contributed by atoms with E-state index in [0.717, 1.165) is 5.92 Å². The molecule has 0 aliphatic rings. The standard InChI is InChI=1S/C20H40/c1-6-8-9-10-11-12-13-14-15-17-20(16-7-2)19(5)18(3)4/h19-20H,3,6-17H2,1-2,4-5H3. The van der Waals surface area contributed by atoms with Crippen LogP contribution in [0.5, 0.6) is 0 Å². The molecule has 0 saturated carbocycles. The molecule has 0 spiro atoms. The van der Waals surface area contributed by atoms with Gasteiger partial charge in [-0.25, -0.2) is 0 Å². The van der Waals surface area contributed by atoms with Crippen LogP contribution in [0.15, 0.2) is 12.2 Å². The predicted molar refractivity (Wildman–Crippen MR) is 94.2 cm³/mol. The molecule has 0 fully saturated rings. The fourth-order valence-electron chi connectivity index (χ4n) is 3.13. The second-order valence-electron chi connectivity index (χ2n) is 6.80. The molecule has 2 unspecified atom stereocenters. The Balaban J connectivity index is 3.56. The molecule has 0 rings (SSSR count). The van der Waals surface area contributed by atoms with E-state index in [0.29, 0.717) is 5.92 Å². The maximum atomic E-state index is 4.15. The Labute approximate surface area is 129 Å². The van der Waals surface area contributed by atoms with E-state index in [4.69, 9.17) is 0 Å². The average Bonchev–Trinajstić information content (AvgIpc) is 2.43. The van der Waals surface area contributed by atoms with Crippen molar-refractivity contribution in [3.63, 3.8) is 0 Å². The Morgan fingerprint density at radius 3 is 1.70 bits per heavy atom. The maximum absolute atomic E-state index is 4.15. The van der Waals surface area contributed by atoms with E-state index in [1.54, 1.807) is 0 Å². The second kappa shape index (κ2) is 13.7. The Bertz CT molecular complexity index is 216. The molecule has 0 heterocycles. The van der Waals surface area contributed by atoms with Gasteiger partial charge in [0.25, 0.3) is 0 Å². The first-order valence-corrected chi connectivity index (χ1v) is 9.28. The largest absolute Gasteiger partial charge is 0.0999 e. The van der Waals surface area contributed by atoms with Crippen molar-refractivity contribution in [3.05, 3.63) is 12.2 Å². The van der Waals surface area contributed by atoms with Crippen molar-refractivity contribution in [1.29, 1.82) is 0 Å². The third kappa shape index (κ3) is 10.5. The topological polar surface area (TPSA) is 0 Å². The van der Waals surface area contributed by atoms with E-state index >= 15 is 0 Å². The maximum Gasteiger partial charge on any atom is -0.0209 e. The van der Waals surface area contributed by atoms with Crippen molar-refractivity contribution in [2.24, 2.45) is 11.8 Å². The summed E-state index contributed by atoms with van der Waals surface area (Å²) in [5.74, 6) is 1.59. The van der Waals surface area contributed by atoms with Crippen molar-refractivity contribution in [1.82, 2.24) is 0 Å². The van der Waals surface area contributed by atoms with E-state index < -0.39 is 0 Å². The summed E-state index contributed by atoms with van der Waals surface area (Å²) < 4.78 is 0. The van der Waals surface area contributed by atoms with Gasteiger partial charge in [0.1, 0.15) is 0 Å². The molecule has 0 radical (unpaired) electrons. The molecule has 0 aliphatic carbocycles. The fourth-order valence-corrected chi connectivity index (χ4v) is 3.13. The summed E-state index contributed by atoms with van der Waals surface area (Å²) in [7, 11) is 0. The molecule has 0 aromatic rings. The summed E-state index contributed by atoms with van der Waals surface area (Å²) >= 11 is 0.